The molecule has 0 aliphatic carbocycles. The second-order valence-electron chi connectivity index (χ2n) is 12.1. The minimum atomic E-state index is -0.411. The minimum Gasteiger partial charge on any atom is -0.388 e. The summed E-state index contributed by atoms with van der Waals surface area (Å²) in [4.78, 5) is 6.19. The van der Waals surface area contributed by atoms with Crippen LogP contribution in [0.2, 0.25) is 0 Å². The number of nitrogens with zero attached hydrogens (tertiary/aromatic N) is 1. The van der Waals surface area contributed by atoms with Gasteiger partial charge in [0.2, 0.25) is 0 Å². The number of anilines is 1. The lowest BCUT2D eigenvalue weighted by Crippen LogP contribution is -2.05. The van der Waals surface area contributed by atoms with Gasteiger partial charge in [0.25, 0.3) is 0 Å². The molecule has 0 spiro atoms. The summed E-state index contributed by atoms with van der Waals surface area (Å²) < 4.78 is 0. The molecule has 234 valence electrons. The Hall–Kier alpha value is -4.38. The molecular formula is C42H44N2OS. The van der Waals surface area contributed by atoms with E-state index in [1.165, 1.54) is 49.2 Å². The molecule has 0 radical (unpaired) electrons. The summed E-state index contributed by atoms with van der Waals surface area (Å²) in [5, 5.41) is 16.2. The zero-order chi connectivity index (χ0) is 32.5. The number of pyridine rings is 1. The predicted octanol–water partition coefficient (Wildman–Crippen LogP) is 11.1. The number of aromatic nitrogens is 1. The van der Waals surface area contributed by atoms with Crippen LogP contribution in [0.5, 0.6) is 0 Å². The number of nitrogens with one attached hydrogen (secondary N) is 1. The highest BCUT2D eigenvalue weighted by Crippen LogP contribution is 2.31. The third-order valence-electron chi connectivity index (χ3n) is 8.12. The number of fused-ring (bicyclic) bond motifs is 1. The average molecular weight is 625 g/mol. The van der Waals surface area contributed by atoms with Crippen LogP contribution >= 0.6 is 11.8 Å². The summed E-state index contributed by atoms with van der Waals surface area (Å²) in [6, 6.07) is 43.8. The van der Waals surface area contributed by atoms with E-state index in [-0.39, 0.29) is 0 Å². The number of aliphatic hydroxyl groups is 1. The monoisotopic (exact) mass is 624 g/mol. The molecular weight excluding hydrogens is 581 g/mol. The first kappa shape index (κ1) is 33.0. The number of aliphatic hydroxyl groups excluding tert-OH is 1. The third kappa shape index (κ3) is 8.45. The second-order valence-corrected chi connectivity index (χ2v) is 13.2. The Morgan fingerprint density at radius 2 is 1.37 bits per heavy atom. The summed E-state index contributed by atoms with van der Waals surface area (Å²) in [7, 11) is 0. The van der Waals surface area contributed by atoms with E-state index in [1.54, 1.807) is 11.8 Å². The zero-order valence-electron chi connectivity index (χ0n) is 27.5. The van der Waals surface area contributed by atoms with Gasteiger partial charge in [0.15, 0.2) is 0 Å². The van der Waals surface area contributed by atoms with E-state index in [1.807, 2.05) is 30.3 Å². The maximum absolute atomic E-state index is 10.2. The van der Waals surface area contributed by atoms with E-state index < -0.39 is 6.10 Å². The zero-order valence-corrected chi connectivity index (χ0v) is 28.3. The highest BCUT2D eigenvalue weighted by molar-refractivity contribution is 7.99. The average Bonchev–Trinajstić information content (AvgIpc) is 3.07. The molecule has 4 heteroatoms. The Kier molecular flexibility index (Phi) is 11.3. The SMILES string of the molecule is CC(C)c1ccccc1SCC(O)c1ccccc1.Cc1cc(C)c(NCc2cccc(-c3cccc4ccccc34)n2)c(C)c1. The fourth-order valence-electron chi connectivity index (χ4n) is 5.84. The van der Waals surface area contributed by atoms with Gasteiger partial charge in [-0.05, 0) is 77.9 Å². The van der Waals surface area contributed by atoms with Crippen LogP contribution < -0.4 is 5.32 Å². The van der Waals surface area contributed by atoms with Gasteiger partial charge in [-0.25, -0.2) is 0 Å². The highest BCUT2D eigenvalue weighted by Gasteiger charge is 2.11. The van der Waals surface area contributed by atoms with Crippen molar-refractivity contribution in [3.63, 3.8) is 0 Å². The molecule has 0 amide bonds. The van der Waals surface area contributed by atoms with Gasteiger partial charge in [0.05, 0.1) is 24.0 Å². The Morgan fingerprint density at radius 1 is 0.717 bits per heavy atom. The molecule has 0 bridgehead atoms. The lowest BCUT2D eigenvalue weighted by Gasteiger charge is -2.14. The van der Waals surface area contributed by atoms with Crippen molar-refractivity contribution >= 4 is 28.2 Å². The Labute approximate surface area is 278 Å². The van der Waals surface area contributed by atoms with Crippen LogP contribution in [-0.4, -0.2) is 15.8 Å². The molecule has 0 fully saturated rings. The summed E-state index contributed by atoms with van der Waals surface area (Å²) in [6.45, 7) is 11.6. The first-order valence-electron chi connectivity index (χ1n) is 16.0. The van der Waals surface area contributed by atoms with Crippen molar-refractivity contribution in [1.29, 1.82) is 0 Å². The van der Waals surface area contributed by atoms with Gasteiger partial charge >= 0.3 is 0 Å². The maximum atomic E-state index is 10.2. The maximum Gasteiger partial charge on any atom is 0.0883 e. The third-order valence-corrected chi connectivity index (χ3v) is 9.28. The van der Waals surface area contributed by atoms with Crippen molar-refractivity contribution in [3.05, 3.63) is 161 Å². The van der Waals surface area contributed by atoms with Crippen LogP contribution in [0.15, 0.2) is 132 Å². The van der Waals surface area contributed by atoms with Gasteiger partial charge in [-0.3, -0.25) is 4.98 Å². The molecule has 46 heavy (non-hydrogen) atoms. The molecule has 0 saturated carbocycles. The molecule has 1 unspecified atom stereocenters. The van der Waals surface area contributed by atoms with Gasteiger partial charge in [-0.2, -0.15) is 0 Å². The summed E-state index contributed by atoms with van der Waals surface area (Å²) in [6.07, 6.45) is -0.411. The summed E-state index contributed by atoms with van der Waals surface area (Å²) in [5.74, 6) is 1.20. The van der Waals surface area contributed by atoms with Crippen molar-refractivity contribution in [2.75, 3.05) is 11.1 Å². The van der Waals surface area contributed by atoms with E-state index in [0.717, 1.165) is 17.0 Å². The van der Waals surface area contributed by atoms with Crippen molar-refractivity contribution < 1.29 is 5.11 Å². The minimum absolute atomic E-state index is 0.411. The fraction of sp³-hybridized carbons (Fsp3) is 0.214. The normalized spacial score (nSPS) is 11.6. The predicted molar refractivity (Wildman–Crippen MR) is 198 cm³/mol. The van der Waals surface area contributed by atoms with E-state index in [4.69, 9.17) is 4.98 Å². The molecule has 1 aromatic heterocycles. The van der Waals surface area contributed by atoms with Crippen LogP contribution in [0.1, 0.15) is 59.4 Å². The number of thioether (sulfide) groups is 1. The van der Waals surface area contributed by atoms with E-state index in [2.05, 4.69) is 137 Å². The summed E-state index contributed by atoms with van der Waals surface area (Å²) in [5.41, 5.74) is 10.6. The molecule has 2 N–H and O–H groups in total. The van der Waals surface area contributed by atoms with E-state index >= 15 is 0 Å². The molecule has 3 nitrogen and oxygen atoms in total. The van der Waals surface area contributed by atoms with Gasteiger partial charge < -0.3 is 10.4 Å². The van der Waals surface area contributed by atoms with Gasteiger partial charge in [-0.1, -0.05) is 129 Å². The lowest BCUT2D eigenvalue weighted by molar-refractivity contribution is 0.204. The number of aryl methyl sites for hydroxylation is 3. The van der Waals surface area contributed by atoms with E-state index in [0.29, 0.717) is 18.2 Å². The topological polar surface area (TPSA) is 45.1 Å². The lowest BCUT2D eigenvalue weighted by atomic mass is 10.0. The number of hydrogen-bond donors (Lipinski definition) is 2. The quantitative estimate of drug-likeness (QED) is 0.157. The Bertz CT molecular complexity index is 1850. The van der Waals surface area contributed by atoms with E-state index in [9.17, 15) is 5.11 Å². The van der Waals surface area contributed by atoms with Gasteiger partial charge in [-0.15, -0.1) is 11.8 Å². The van der Waals surface area contributed by atoms with Crippen LogP contribution in [0.25, 0.3) is 22.0 Å². The molecule has 1 atom stereocenters. The standard InChI is InChI=1S/C25H24N2.C17H20OS/c1-17-14-18(2)25(19(3)15-17)26-16-21-10-7-13-24(27-21)23-12-6-9-20-8-4-5-11-22(20)23;1-13(2)15-10-6-7-11-17(15)19-12-16(18)14-8-4-3-5-9-14/h4-15,26H,16H2,1-3H3;3-11,13,16,18H,12H2,1-2H3. The first-order chi connectivity index (χ1) is 22.3. The van der Waals surface area contributed by atoms with Crippen LogP contribution in [0.3, 0.4) is 0 Å². The first-order valence-corrected chi connectivity index (χ1v) is 17.0. The van der Waals surface area contributed by atoms with Crippen molar-refractivity contribution in [3.8, 4) is 11.3 Å². The molecule has 1 heterocycles. The molecule has 0 saturated heterocycles. The molecule has 5 aromatic carbocycles. The van der Waals surface area contributed by atoms with Crippen LogP contribution in [-0.2, 0) is 6.54 Å². The number of benzene rings is 5. The summed E-state index contributed by atoms with van der Waals surface area (Å²) >= 11 is 1.73. The van der Waals surface area contributed by atoms with Gasteiger partial charge in [0.1, 0.15) is 0 Å². The Balaban J connectivity index is 0.000000193. The Morgan fingerprint density at radius 3 is 2.13 bits per heavy atom. The molecule has 6 aromatic rings. The van der Waals surface area contributed by atoms with Crippen molar-refractivity contribution in [2.24, 2.45) is 0 Å². The van der Waals surface area contributed by atoms with Crippen LogP contribution in [0.4, 0.5) is 5.69 Å². The van der Waals surface area contributed by atoms with Crippen LogP contribution in [0, 0.1) is 20.8 Å². The highest BCUT2D eigenvalue weighted by atomic mass is 32.2. The smallest absolute Gasteiger partial charge is 0.0883 e. The fourth-order valence-corrected chi connectivity index (χ4v) is 7.02. The largest absolute Gasteiger partial charge is 0.388 e. The molecule has 0 aliphatic heterocycles. The van der Waals surface area contributed by atoms with Crippen molar-refractivity contribution in [2.45, 2.75) is 58.1 Å². The van der Waals surface area contributed by atoms with Crippen molar-refractivity contribution in [1.82, 2.24) is 4.98 Å². The van der Waals surface area contributed by atoms with Gasteiger partial charge in [0, 0.05) is 21.9 Å². The number of hydrogen-bond acceptors (Lipinski definition) is 4. The number of rotatable bonds is 9. The molecule has 0 aliphatic rings. The molecule has 6 rings (SSSR count). The second kappa shape index (κ2) is 15.8.